The third kappa shape index (κ3) is 2.91. The summed E-state index contributed by atoms with van der Waals surface area (Å²) >= 11 is 0. The van der Waals surface area contributed by atoms with Gasteiger partial charge in [0, 0.05) is 5.56 Å². The van der Waals surface area contributed by atoms with E-state index in [2.05, 4.69) is 4.72 Å². The van der Waals surface area contributed by atoms with Gasteiger partial charge in [-0.3, -0.25) is 0 Å². The largest absolute Gasteiger partial charge is 0.502 e. The summed E-state index contributed by atoms with van der Waals surface area (Å²) in [6.45, 7) is 0. The lowest BCUT2D eigenvalue weighted by Crippen LogP contribution is -2.12. The summed E-state index contributed by atoms with van der Waals surface area (Å²) in [5.74, 6) is -2.60. The summed E-state index contributed by atoms with van der Waals surface area (Å²) in [6, 6.07) is 12.4. The molecular weight excluding hydrogens is 337 g/mol. The van der Waals surface area contributed by atoms with Crippen molar-refractivity contribution in [3.05, 3.63) is 60.4 Å². The highest BCUT2D eigenvalue weighted by Crippen LogP contribution is 2.45. The number of furan rings is 1. The summed E-state index contributed by atoms with van der Waals surface area (Å²) in [6.07, 6.45) is 0. The molecule has 124 valence electrons. The molecule has 0 unspecified atom stereocenters. The number of benzene rings is 2. The van der Waals surface area contributed by atoms with Gasteiger partial charge in [-0.1, -0.05) is 18.2 Å². The third-order valence-electron chi connectivity index (χ3n) is 3.25. The Hall–Kier alpha value is -3.00. The van der Waals surface area contributed by atoms with Crippen LogP contribution in [-0.2, 0) is 10.0 Å². The Morgan fingerprint density at radius 1 is 0.917 bits per heavy atom. The summed E-state index contributed by atoms with van der Waals surface area (Å²) in [4.78, 5) is -0.0383. The van der Waals surface area contributed by atoms with Gasteiger partial charge in [0.15, 0.2) is 5.76 Å². The molecule has 8 heteroatoms. The molecule has 1 heterocycles. The smallest absolute Gasteiger partial charge is 0.264 e. The van der Waals surface area contributed by atoms with Gasteiger partial charge < -0.3 is 14.6 Å². The molecule has 0 aliphatic carbocycles. The summed E-state index contributed by atoms with van der Waals surface area (Å²) < 4.78 is 44.7. The highest BCUT2D eigenvalue weighted by molar-refractivity contribution is 7.92. The van der Waals surface area contributed by atoms with Crippen LogP contribution in [0.2, 0.25) is 0 Å². The van der Waals surface area contributed by atoms with Crippen molar-refractivity contribution < 1.29 is 27.4 Å². The Morgan fingerprint density at radius 2 is 1.54 bits per heavy atom. The summed E-state index contributed by atoms with van der Waals surface area (Å²) in [5, 5.41) is 19.8. The second-order valence-corrected chi connectivity index (χ2v) is 6.57. The van der Waals surface area contributed by atoms with Crippen LogP contribution < -0.4 is 4.72 Å². The fraction of sp³-hybridized carbons (Fsp3) is 0. The zero-order valence-electron chi connectivity index (χ0n) is 12.1. The van der Waals surface area contributed by atoms with Crippen LogP contribution in [0.15, 0.2) is 63.9 Å². The maximum atomic E-state index is 13.0. The number of hydrogen-bond acceptors (Lipinski definition) is 5. The predicted molar refractivity (Wildman–Crippen MR) is 84.7 cm³/mol. The van der Waals surface area contributed by atoms with E-state index in [4.69, 9.17) is 4.42 Å². The van der Waals surface area contributed by atoms with Crippen LogP contribution in [-0.4, -0.2) is 18.6 Å². The van der Waals surface area contributed by atoms with Crippen LogP contribution in [0, 0.1) is 5.82 Å². The van der Waals surface area contributed by atoms with E-state index in [-0.39, 0.29) is 16.2 Å². The number of anilines is 1. The molecule has 0 bridgehead atoms. The first-order valence-electron chi connectivity index (χ1n) is 6.77. The second-order valence-electron chi connectivity index (χ2n) is 4.88. The minimum Gasteiger partial charge on any atom is -0.502 e. The number of rotatable bonds is 4. The van der Waals surface area contributed by atoms with E-state index < -0.39 is 33.2 Å². The van der Waals surface area contributed by atoms with Crippen LogP contribution >= 0.6 is 0 Å². The van der Waals surface area contributed by atoms with Gasteiger partial charge in [0.1, 0.15) is 5.82 Å². The monoisotopic (exact) mass is 349 g/mol. The Balaban J connectivity index is 1.99. The molecule has 0 fully saturated rings. The van der Waals surface area contributed by atoms with Crippen LogP contribution in [0.5, 0.6) is 11.5 Å². The van der Waals surface area contributed by atoms with Gasteiger partial charge in [-0.05, 0) is 36.4 Å². The Kier molecular flexibility index (Phi) is 3.90. The third-order valence-corrected chi connectivity index (χ3v) is 4.59. The van der Waals surface area contributed by atoms with Crippen molar-refractivity contribution in [2.24, 2.45) is 0 Å². The van der Waals surface area contributed by atoms with Gasteiger partial charge >= 0.3 is 0 Å². The molecule has 2 aromatic carbocycles. The first-order valence-corrected chi connectivity index (χ1v) is 8.25. The molecule has 3 N–H and O–H groups in total. The molecular formula is C16H12FNO5S. The van der Waals surface area contributed by atoms with E-state index in [1.807, 2.05) is 0 Å². The number of sulfonamides is 1. The first kappa shape index (κ1) is 15.9. The quantitative estimate of drug-likeness (QED) is 0.671. The van der Waals surface area contributed by atoms with Crippen molar-refractivity contribution in [2.45, 2.75) is 4.90 Å². The number of aromatic hydroxyl groups is 2. The summed E-state index contributed by atoms with van der Waals surface area (Å²) in [7, 11) is -4.00. The van der Waals surface area contributed by atoms with E-state index in [0.717, 1.165) is 12.1 Å². The van der Waals surface area contributed by atoms with E-state index >= 15 is 0 Å². The van der Waals surface area contributed by atoms with Gasteiger partial charge in [0.05, 0.1) is 4.90 Å². The molecule has 0 radical (unpaired) electrons. The average Bonchev–Trinajstić information content (AvgIpc) is 2.84. The fourth-order valence-corrected chi connectivity index (χ4v) is 3.08. The molecule has 0 atom stereocenters. The van der Waals surface area contributed by atoms with E-state index in [9.17, 15) is 23.0 Å². The maximum absolute atomic E-state index is 13.0. The zero-order valence-corrected chi connectivity index (χ0v) is 12.9. The van der Waals surface area contributed by atoms with Crippen molar-refractivity contribution in [1.82, 2.24) is 0 Å². The van der Waals surface area contributed by atoms with Crippen molar-refractivity contribution >= 4 is 15.9 Å². The molecule has 0 aliphatic rings. The van der Waals surface area contributed by atoms with Gasteiger partial charge in [-0.2, -0.15) is 0 Å². The lowest BCUT2D eigenvalue weighted by molar-refractivity contribution is 0.410. The van der Waals surface area contributed by atoms with Crippen molar-refractivity contribution in [3.63, 3.8) is 0 Å². The highest BCUT2D eigenvalue weighted by atomic mass is 32.2. The Bertz CT molecular complexity index is 966. The predicted octanol–water partition coefficient (Wildman–Crippen LogP) is 3.30. The molecule has 0 spiro atoms. The molecule has 0 saturated heterocycles. The topological polar surface area (TPSA) is 99.8 Å². The lowest BCUT2D eigenvalue weighted by Gasteiger charge is -2.05. The number of halogens is 1. The van der Waals surface area contributed by atoms with Crippen LogP contribution in [0.1, 0.15) is 0 Å². The lowest BCUT2D eigenvalue weighted by atomic mass is 10.1. The van der Waals surface area contributed by atoms with Gasteiger partial charge in [-0.15, -0.1) is 0 Å². The standard InChI is InChI=1S/C16H12FNO5S/c17-11-8-6-10(7-9-11)15-13(19)14(20)16(23-15)18-24(21,22)12-4-2-1-3-5-12/h1-9,18-20H. The van der Waals surface area contributed by atoms with Crippen molar-refractivity contribution in [3.8, 4) is 22.8 Å². The molecule has 24 heavy (non-hydrogen) atoms. The van der Waals surface area contributed by atoms with Crippen LogP contribution in [0.4, 0.5) is 10.3 Å². The SMILES string of the molecule is O=S(=O)(Nc1oc(-c2ccc(F)cc2)c(O)c1O)c1ccccc1. The maximum Gasteiger partial charge on any atom is 0.264 e. The van der Waals surface area contributed by atoms with Crippen LogP contribution in [0.3, 0.4) is 0 Å². The minimum atomic E-state index is -4.00. The van der Waals surface area contributed by atoms with Gasteiger partial charge in [0.25, 0.3) is 15.9 Å². The fourth-order valence-electron chi connectivity index (χ4n) is 2.06. The van der Waals surface area contributed by atoms with Gasteiger partial charge in [0.2, 0.25) is 11.5 Å². The minimum absolute atomic E-state index is 0.0383. The Morgan fingerprint density at radius 3 is 2.17 bits per heavy atom. The zero-order chi connectivity index (χ0) is 17.3. The normalized spacial score (nSPS) is 11.4. The molecule has 3 aromatic rings. The molecule has 3 rings (SSSR count). The number of nitrogens with one attached hydrogen (secondary N) is 1. The van der Waals surface area contributed by atoms with E-state index in [1.165, 1.54) is 36.4 Å². The van der Waals surface area contributed by atoms with Crippen molar-refractivity contribution in [2.75, 3.05) is 4.72 Å². The van der Waals surface area contributed by atoms with Crippen LogP contribution in [0.25, 0.3) is 11.3 Å². The average molecular weight is 349 g/mol. The highest BCUT2D eigenvalue weighted by Gasteiger charge is 2.25. The molecule has 0 aliphatic heterocycles. The first-order chi connectivity index (χ1) is 11.4. The molecule has 0 saturated carbocycles. The Labute approximate surface area is 136 Å². The molecule has 6 nitrogen and oxygen atoms in total. The second kappa shape index (κ2) is 5.89. The molecule has 1 aromatic heterocycles. The number of hydrogen-bond donors (Lipinski definition) is 3. The summed E-state index contributed by atoms with van der Waals surface area (Å²) in [5.41, 5.74) is 0.273. The molecule has 0 amide bonds. The van der Waals surface area contributed by atoms with E-state index in [1.54, 1.807) is 6.07 Å². The van der Waals surface area contributed by atoms with Gasteiger partial charge in [-0.25, -0.2) is 17.5 Å². The van der Waals surface area contributed by atoms with Crippen molar-refractivity contribution in [1.29, 1.82) is 0 Å². The van der Waals surface area contributed by atoms with E-state index in [0.29, 0.717) is 0 Å².